The van der Waals surface area contributed by atoms with Gasteiger partial charge in [-0.2, -0.15) is 15.8 Å². The van der Waals surface area contributed by atoms with Crippen molar-refractivity contribution in [1.29, 1.82) is 15.8 Å². The summed E-state index contributed by atoms with van der Waals surface area (Å²) in [6, 6.07) is 58.0. The van der Waals surface area contributed by atoms with E-state index in [0.29, 0.717) is 16.7 Å². The second-order valence-electron chi connectivity index (χ2n) is 12.3. The number of hydrogen-bond acceptors (Lipinski definition) is 3. The lowest BCUT2D eigenvalue weighted by Gasteiger charge is -2.18. The average molecular weight is 636 g/mol. The topological polar surface area (TPSA) is 81.2 Å². The second kappa shape index (κ2) is 11.4. The van der Waals surface area contributed by atoms with E-state index in [9.17, 15) is 15.8 Å². The molecule has 0 saturated carbocycles. The van der Waals surface area contributed by atoms with Crippen LogP contribution in [0, 0.1) is 34.0 Å². The number of nitriles is 3. The van der Waals surface area contributed by atoms with Crippen molar-refractivity contribution in [2.75, 3.05) is 0 Å². The van der Waals surface area contributed by atoms with Crippen LogP contribution in [0.1, 0.15) is 16.7 Å². The highest BCUT2D eigenvalue weighted by molar-refractivity contribution is 6.12. The van der Waals surface area contributed by atoms with Crippen LogP contribution in [0.2, 0.25) is 0 Å². The van der Waals surface area contributed by atoms with Gasteiger partial charge in [0.15, 0.2) is 0 Å². The van der Waals surface area contributed by atoms with E-state index in [0.717, 1.165) is 66.5 Å². The molecule has 7 aromatic carbocycles. The Kier molecular flexibility index (Phi) is 6.56. The van der Waals surface area contributed by atoms with Gasteiger partial charge < -0.3 is 9.13 Å². The molecule has 0 atom stereocenters. The van der Waals surface area contributed by atoms with Gasteiger partial charge in [-0.25, -0.2) is 0 Å². The van der Waals surface area contributed by atoms with E-state index in [4.69, 9.17) is 0 Å². The zero-order valence-corrected chi connectivity index (χ0v) is 26.7. The molecule has 0 bridgehead atoms. The summed E-state index contributed by atoms with van der Waals surface area (Å²) in [5.41, 5.74) is 11.4. The van der Waals surface area contributed by atoms with Crippen LogP contribution in [0.5, 0.6) is 0 Å². The highest BCUT2D eigenvalue weighted by Crippen LogP contribution is 2.41. The summed E-state index contributed by atoms with van der Waals surface area (Å²) in [6.07, 6.45) is 0. The molecule has 9 aromatic rings. The van der Waals surface area contributed by atoms with Gasteiger partial charge in [0.25, 0.3) is 0 Å². The Labute approximate surface area is 287 Å². The van der Waals surface area contributed by atoms with E-state index in [1.165, 1.54) is 10.8 Å². The number of fused-ring (bicyclic) bond motifs is 6. The molecule has 50 heavy (non-hydrogen) atoms. The van der Waals surface area contributed by atoms with Crippen LogP contribution >= 0.6 is 0 Å². The normalized spacial score (nSPS) is 11.1. The Morgan fingerprint density at radius 1 is 0.400 bits per heavy atom. The average Bonchev–Trinajstić information content (AvgIpc) is 3.70. The van der Waals surface area contributed by atoms with Crippen LogP contribution in [0.4, 0.5) is 0 Å². The van der Waals surface area contributed by atoms with Crippen molar-refractivity contribution in [2.45, 2.75) is 0 Å². The SMILES string of the molecule is N#Cc1cc(-c2ccccc2-c2ccccc2-n2c3ccccc3c3ccccc32)cc(-n2c3ccc(C#N)cc3c3c(C#N)cccc32)c1. The minimum absolute atomic E-state index is 0.517. The monoisotopic (exact) mass is 635 g/mol. The Bertz CT molecular complexity index is 2920. The fraction of sp³-hybridized carbons (Fsp3) is 0. The van der Waals surface area contributed by atoms with Gasteiger partial charge in [-0.3, -0.25) is 0 Å². The van der Waals surface area contributed by atoms with Crippen molar-refractivity contribution in [1.82, 2.24) is 9.13 Å². The molecular formula is C45H25N5. The highest BCUT2D eigenvalue weighted by atomic mass is 15.0. The maximum atomic E-state index is 10.3. The number of benzene rings is 7. The van der Waals surface area contributed by atoms with Gasteiger partial charge in [0, 0.05) is 32.8 Å². The molecule has 0 aliphatic rings. The quantitative estimate of drug-likeness (QED) is 0.193. The van der Waals surface area contributed by atoms with Crippen molar-refractivity contribution in [3.63, 3.8) is 0 Å². The zero-order valence-electron chi connectivity index (χ0n) is 26.7. The van der Waals surface area contributed by atoms with Gasteiger partial charge in [-0.1, -0.05) is 84.9 Å². The van der Waals surface area contributed by atoms with E-state index in [1.54, 1.807) is 12.1 Å². The molecule has 0 aliphatic carbocycles. The Morgan fingerprint density at radius 2 is 1.02 bits per heavy atom. The summed E-state index contributed by atoms with van der Waals surface area (Å²) in [5, 5.41) is 34.1. The number of nitrogens with zero attached hydrogens (tertiary/aromatic N) is 5. The fourth-order valence-electron chi connectivity index (χ4n) is 7.52. The maximum Gasteiger partial charge on any atom is 0.0998 e. The number of para-hydroxylation sites is 3. The summed E-state index contributed by atoms with van der Waals surface area (Å²) >= 11 is 0. The van der Waals surface area contributed by atoms with Gasteiger partial charge in [0.2, 0.25) is 0 Å². The van der Waals surface area contributed by atoms with Crippen molar-refractivity contribution < 1.29 is 0 Å². The molecule has 0 fully saturated rings. The third-order valence-corrected chi connectivity index (χ3v) is 9.60. The molecule has 230 valence electrons. The highest BCUT2D eigenvalue weighted by Gasteiger charge is 2.20. The second-order valence-corrected chi connectivity index (χ2v) is 12.3. The van der Waals surface area contributed by atoms with Crippen molar-refractivity contribution in [3.05, 3.63) is 168 Å². The Balaban J connectivity index is 1.30. The molecule has 0 amide bonds. The summed E-state index contributed by atoms with van der Waals surface area (Å²) in [7, 11) is 0. The standard InChI is InChI=1S/C45H25N5/c46-26-29-20-21-43-39(24-29)45-31(28-48)10-9-19-44(45)49(43)33-23-30(27-47)22-32(25-33)34-11-1-2-12-35(34)36-13-3-6-16-40(36)50-41-17-7-4-14-37(41)38-15-5-8-18-42(38)50/h1-25H. The zero-order chi connectivity index (χ0) is 33.8. The molecule has 5 nitrogen and oxygen atoms in total. The lowest BCUT2D eigenvalue weighted by atomic mass is 9.92. The van der Waals surface area contributed by atoms with Gasteiger partial charge in [-0.15, -0.1) is 0 Å². The summed E-state index contributed by atoms with van der Waals surface area (Å²) in [4.78, 5) is 0. The minimum Gasteiger partial charge on any atom is -0.309 e. The van der Waals surface area contributed by atoms with E-state index in [-0.39, 0.29) is 0 Å². The van der Waals surface area contributed by atoms with Crippen LogP contribution in [-0.4, -0.2) is 9.13 Å². The van der Waals surface area contributed by atoms with E-state index < -0.39 is 0 Å². The van der Waals surface area contributed by atoms with Crippen molar-refractivity contribution in [2.24, 2.45) is 0 Å². The first kappa shape index (κ1) is 28.8. The molecule has 5 heteroatoms. The molecular weight excluding hydrogens is 611 g/mol. The molecule has 0 saturated heterocycles. The molecule has 2 heterocycles. The molecule has 0 spiro atoms. The molecule has 9 rings (SSSR count). The predicted molar refractivity (Wildman–Crippen MR) is 200 cm³/mol. The Hall–Kier alpha value is -7.39. The first-order valence-electron chi connectivity index (χ1n) is 16.3. The smallest absolute Gasteiger partial charge is 0.0998 e. The maximum absolute atomic E-state index is 10.3. The number of hydrogen-bond donors (Lipinski definition) is 0. The van der Waals surface area contributed by atoms with Gasteiger partial charge in [0.05, 0.1) is 62.7 Å². The molecule has 0 N–H and O–H groups in total. The van der Waals surface area contributed by atoms with E-state index >= 15 is 0 Å². The molecule has 2 aromatic heterocycles. The van der Waals surface area contributed by atoms with Crippen LogP contribution in [0.15, 0.2) is 152 Å². The molecule has 0 radical (unpaired) electrons. The fourth-order valence-corrected chi connectivity index (χ4v) is 7.52. The molecule has 0 unspecified atom stereocenters. The number of aromatic nitrogens is 2. The first-order valence-corrected chi connectivity index (χ1v) is 16.3. The summed E-state index contributed by atoms with van der Waals surface area (Å²) in [5.74, 6) is 0. The minimum atomic E-state index is 0.517. The Morgan fingerprint density at radius 3 is 1.74 bits per heavy atom. The van der Waals surface area contributed by atoms with Crippen molar-refractivity contribution >= 4 is 43.6 Å². The third-order valence-electron chi connectivity index (χ3n) is 9.60. The lowest BCUT2D eigenvalue weighted by Crippen LogP contribution is -1.99. The molecule has 0 aliphatic heterocycles. The van der Waals surface area contributed by atoms with Gasteiger partial charge >= 0.3 is 0 Å². The van der Waals surface area contributed by atoms with E-state index in [2.05, 4.69) is 124 Å². The van der Waals surface area contributed by atoms with Gasteiger partial charge in [0.1, 0.15) is 0 Å². The van der Waals surface area contributed by atoms with Crippen LogP contribution in [-0.2, 0) is 0 Å². The third kappa shape index (κ3) is 4.31. The van der Waals surface area contributed by atoms with Crippen LogP contribution in [0.3, 0.4) is 0 Å². The largest absolute Gasteiger partial charge is 0.309 e. The van der Waals surface area contributed by atoms with Crippen molar-refractivity contribution in [3.8, 4) is 51.8 Å². The van der Waals surface area contributed by atoms with E-state index in [1.807, 2.05) is 42.5 Å². The van der Waals surface area contributed by atoms with Crippen LogP contribution in [0.25, 0.3) is 77.2 Å². The lowest BCUT2D eigenvalue weighted by molar-refractivity contribution is 1.17. The number of rotatable bonds is 4. The predicted octanol–water partition coefficient (Wildman–Crippen LogP) is 10.8. The summed E-state index contributed by atoms with van der Waals surface area (Å²) < 4.78 is 4.43. The summed E-state index contributed by atoms with van der Waals surface area (Å²) in [6.45, 7) is 0. The van der Waals surface area contributed by atoms with Gasteiger partial charge in [-0.05, 0) is 83.4 Å². The van der Waals surface area contributed by atoms with Crippen LogP contribution < -0.4 is 0 Å². The first-order chi connectivity index (χ1) is 24.7.